The van der Waals surface area contributed by atoms with Crippen LogP contribution in [0, 0.1) is 0 Å². The van der Waals surface area contributed by atoms with Gasteiger partial charge in [-0.2, -0.15) is 0 Å². The van der Waals surface area contributed by atoms with Crippen molar-refractivity contribution in [1.82, 2.24) is 0 Å². The molecule has 5 aromatic carbocycles. The summed E-state index contributed by atoms with van der Waals surface area (Å²) in [4.78, 5) is 2.72. The van der Waals surface area contributed by atoms with Crippen molar-refractivity contribution >= 4 is 22.5 Å². The van der Waals surface area contributed by atoms with Crippen LogP contribution in [-0.2, 0) is 5.41 Å². The molecule has 1 heterocycles. The number of fused-ring (bicyclic) bond motifs is 5. The predicted molar refractivity (Wildman–Crippen MR) is 137 cm³/mol. The van der Waals surface area contributed by atoms with Gasteiger partial charge in [-0.3, -0.25) is 0 Å². The van der Waals surface area contributed by atoms with Crippen LogP contribution in [0.4, 0.5) is 0 Å². The van der Waals surface area contributed by atoms with Gasteiger partial charge in [-0.25, -0.2) is 0 Å². The van der Waals surface area contributed by atoms with Crippen molar-refractivity contribution in [1.29, 1.82) is 0 Å². The highest BCUT2D eigenvalue weighted by molar-refractivity contribution is 8.00. The Bertz CT molecular complexity index is 1570. The van der Waals surface area contributed by atoms with Crippen LogP contribution in [0.15, 0.2) is 107 Å². The summed E-state index contributed by atoms with van der Waals surface area (Å²) in [6.07, 6.45) is 0. The predicted octanol–water partition coefficient (Wildman–Crippen LogP) is 8.94. The molecule has 0 fully saturated rings. The zero-order chi connectivity index (χ0) is 21.4. The molecule has 0 N–H and O–H groups in total. The highest BCUT2D eigenvalue weighted by Crippen LogP contribution is 2.55. The van der Waals surface area contributed by atoms with Gasteiger partial charge >= 0.3 is 0 Å². The van der Waals surface area contributed by atoms with Gasteiger partial charge in [0.25, 0.3) is 0 Å². The lowest BCUT2D eigenvalue weighted by Crippen LogP contribution is -2.14. The van der Waals surface area contributed by atoms with Gasteiger partial charge < -0.3 is 0 Å². The van der Waals surface area contributed by atoms with Crippen molar-refractivity contribution in [3.63, 3.8) is 0 Å². The van der Waals surface area contributed by atoms with Gasteiger partial charge in [-0.15, -0.1) is 0 Å². The highest BCUT2D eigenvalue weighted by atomic mass is 32.2. The Labute approximate surface area is 192 Å². The molecule has 0 nitrogen and oxygen atoms in total. The fourth-order valence-electron chi connectivity index (χ4n) is 5.78. The van der Waals surface area contributed by atoms with Crippen LogP contribution in [0.3, 0.4) is 0 Å². The molecule has 2 aliphatic rings. The Morgan fingerprint density at radius 1 is 0.531 bits per heavy atom. The lowest BCUT2D eigenvalue weighted by molar-refractivity contribution is 0.660. The zero-order valence-electron chi connectivity index (χ0n) is 18.1. The van der Waals surface area contributed by atoms with Crippen LogP contribution >= 0.6 is 11.8 Å². The van der Waals surface area contributed by atoms with Gasteiger partial charge in [0, 0.05) is 20.6 Å². The standard InChI is InChI=1S/C31H22S/c1-31(2)25-16-4-3-11-24(25)29-21(13-8-17-26(29)31)23-15-7-14-22-20-12-5-9-19-10-6-18-27(28(19)20)32-30(22)23/h3-18H,1-2H3. The maximum atomic E-state index is 2.35. The van der Waals surface area contributed by atoms with Gasteiger partial charge in [-0.1, -0.05) is 117 Å². The Kier molecular flexibility index (Phi) is 3.64. The minimum atomic E-state index is 0.0160. The second-order valence-electron chi connectivity index (χ2n) is 9.34. The van der Waals surface area contributed by atoms with Gasteiger partial charge in [0.05, 0.1) is 0 Å². The molecule has 0 saturated heterocycles. The Morgan fingerprint density at radius 2 is 1.12 bits per heavy atom. The first-order valence-corrected chi connectivity index (χ1v) is 12.0. The average molecular weight is 427 g/mol. The van der Waals surface area contributed by atoms with E-state index in [4.69, 9.17) is 0 Å². The van der Waals surface area contributed by atoms with Gasteiger partial charge in [0.15, 0.2) is 0 Å². The van der Waals surface area contributed by atoms with Crippen LogP contribution in [0.5, 0.6) is 0 Å². The average Bonchev–Trinajstić information content (AvgIpc) is 3.07. The highest BCUT2D eigenvalue weighted by Gasteiger charge is 2.37. The summed E-state index contributed by atoms with van der Waals surface area (Å²) in [6.45, 7) is 4.71. The lowest BCUT2D eigenvalue weighted by Gasteiger charge is -2.24. The summed E-state index contributed by atoms with van der Waals surface area (Å²) < 4.78 is 0. The third-order valence-corrected chi connectivity index (χ3v) is 8.49. The third kappa shape index (κ3) is 2.29. The Balaban J connectivity index is 1.54. The molecule has 0 bridgehead atoms. The lowest BCUT2D eigenvalue weighted by atomic mass is 9.82. The zero-order valence-corrected chi connectivity index (χ0v) is 19.0. The number of hydrogen-bond donors (Lipinski definition) is 0. The van der Waals surface area contributed by atoms with E-state index in [2.05, 4.69) is 111 Å². The fourth-order valence-corrected chi connectivity index (χ4v) is 7.05. The molecule has 0 unspecified atom stereocenters. The van der Waals surface area contributed by atoms with E-state index < -0.39 is 0 Å². The van der Waals surface area contributed by atoms with Crippen molar-refractivity contribution in [2.75, 3.05) is 0 Å². The normalized spacial score (nSPS) is 14.7. The molecule has 32 heavy (non-hydrogen) atoms. The minimum Gasteiger partial charge on any atom is -0.0881 e. The molecule has 1 aliphatic carbocycles. The van der Waals surface area contributed by atoms with Crippen LogP contribution in [0.25, 0.3) is 44.2 Å². The minimum absolute atomic E-state index is 0.0160. The second-order valence-corrected chi connectivity index (χ2v) is 10.4. The largest absolute Gasteiger partial charge is 0.0881 e. The van der Waals surface area contributed by atoms with Crippen molar-refractivity contribution in [3.8, 4) is 33.4 Å². The smallest absolute Gasteiger partial charge is 0.0279 e. The van der Waals surface area contributed by atoms with Crippen molar-refractivity contribution in [2.24, 2.45) is 0 Å². The first kappa shape index (κ1) is 18.3. The van der Waals surface area contributed by atoms with E-state index in [1.54, 1.807) is 0 Å². The first-order valence-electron chi connectivity index (χ1n) is 11.2. The summed E-state index contributed by atoms with van der Waals surface area (Å²) in [7, 11) is 0. The maximum Gasteiger partial charge on any atom is 0.0279 e. The van der Waals surface area contributed by atoms with E-state index in [1.165, 1.54) is 65.1 Å². The fraction of sp³-hybridized carbons (Fsp3) is 0.0968. The summed E-state index contributed by atoms with van der Waals surface area (Å²) in [5, 5.41) is 2.70. The molecule has 0 spiro atoms. The topological polar surface area (TPSA) is 0 Å². The Morgan fingerprint density at radius 3 is 2.00 bits per heavy atom. The molecule has 1 aliphatic heterocycles. The number of hydrogen-bond acceptors (Lipinski definition) is 1. The molecule has 5 aromatic rings. The Hall–Kier alpha value is -3.29. The van der Waals surface area contributed by atoms with Gasteiger partial charge in [0.2, 0.25) is 0 Å². The molecule has 0 radical (unpaired) electrons. The van der Waals surface area contributed by atoms with E-state index >= 15 is 0 Å². The summed E-state index contributed by atoms with van der Waals surface area (Å²) in [5.74, 6) is 0. The first-order chi connectivity index (χ1) is 15.6. The molecular weight excluding hydrogens is 404 g/mol. The van der Waals surface area contributed by atoms with E-state index in [0.29, 0.717) is 0 Å². The molecule has 0 amide bonds. The van der Waals surface area contributed by atoms with Crippen LogP contribution in [-0.4, -0.2) is 0 Å². The van der Waals surface area contributed by atoms with E-state index in [9.17, 15) is 0 Å². The second kappa shape index (κ2) is 6.37. The van der Waals surface area contributed by atoms with E-state index in [0.717, 1.165) is 0 Å². The monoisotopic (exact) mass is 426 g/mol. The molecule has 0 atom stereocenters. The SMILES string of the molecule is CC1(C)c2ccccc2-c2c(-c3cccc4c3Sc3cccc5cccc-4c35)cccc21. The molecule has 0 aromatic heterocycles. The molecule has 0 saturated carbocycles. The van der Waals surface area contributed by atoms with Crippen molar-refractivity contribution < 1.29 is 0 Å². The number of rotatable bonds is 1. The van der Waals surface area contributed by atoms with Crippen molar-refractivity contribution in [3.05, 3.63) is 108 Å². The summed E-state index contributed by atoms with van der Waals surface area (Å²) in [6, 6.07) is 36.0. The number of benzene rings is 5. The van der Waals surface area contributed by atoms with Crippen LogP contribution in [0.2, 0.25) is 0 Å². The summed E-state index contributed by atoms with van der Waals surface area (Å²) >= 11 is 1.92. The van der Waals surface area contributed by atoms with Crippen molar-refractivity contribution in [2.45, 2.75) is 29.1 Å². The molecule has 152 valence electrons. The van der Waals surface area contributed by atoms with E-state index in [-0.39, 0.29) is 5.41 Å². The molecular formula is C31H22S. The molecule has 1 heteroatoms. The molecule has 7 rings (SSSR count). The van der Waals surface area contributed by atoms with Crippen LogP contribution < -0.4 is 0 Å². The van der Waals surface area contributed by atoms with E-state index in [1.807, 2.05) is 11.8 Å². The van der Waals surface area contributed by atoms with Gasteiger partial charge in [0.1, 0.15) is 0 Å². The third-order valence-electron chi connectivity index (χ3n) is 7.28. The van der Waals surface area contributed by atoms with Crippen LogP contribution in [0.1, 0.15) is 25.0 Å². The quantitative estimate of drug-likeness (QED) is 0.253. The maximum absolute atomic E-state index is 2.35. The summed E-state index contributed by atoms with van der Waals surface area (Å²) in [5.41, 5.74) is 11.0. The van der Waals surface area contributed by atoms with Gasteiger partial charge in [-0.05, 0) is 56.0 Å².